The molecule has 2 aliphatic heterocycles. The van der Waals surface area contributed by atoms with Crippen molar-refractivity contribution in [1.29, 1.82) is 0 Å². The van der Waals surface area contributed by atoms with Crippen molar-refractivity contribution in [2.45, 2.75) is 18.9 Å². The predicted molar refractivity (Wildman–Crippen MR) is 79.6 cm³/mol. The number of hydrogen-bond acceptors (Lipinski definition) is 5. The fourth-order valence-electron chi connectivity index (χ4n) is 2.81. The Kier molecular flexibility index (Phi) is 2.96. The zero-order valence-corrected chi connectivity index (χ0v) is 11.7. The summed E-state index contributed by atoms with van der Waals surface area (Å²) in [7, 11) is 0. The van der Waals surface area contributed by atoms with Crippen LogP contribution >= 0.6 is 0 Å². The van der Waals surface area contributed by atoms with Gasteiger partial charge in [0.1, 0.15) is 0 Å². The van der Waals surface area contributed by atoms with Crippen LogP contribution in [0.2, 0.25) is 0 Å². The van der Waals surface area contributed by atoms with E-state index in [1.807, 2.05) is 18.2 Å². The first-order chi connectivity index (χ1) is 10.3. The van der Waals surface area contributed by atoms with E-state index in [1.54, 1.807) is 0 Å². The normalized spacial score (nSPS) is 18.2. The second-order valence-electron chi connectivity index (χ2n) is 5.53. The van der Waals surface area contributed by atoms with Crippen LogP contribution in [-0.4, -0.2) is 36.1 Å². The Morgan fingerprint density at radius 3 is 2.81 bits per heavy atom. The highest BCUT2D eigenvalue weighted by Gasteiger charge is 2.19. The molecule has 0 atom stereocenters. The predicted octanol–water partition coefficient (Wildman–Crippen LogP) is 1.73. The minimum Gasteiger partial charge on any atom is -0.454 e. The highest BCUT2D eigenvalue weighted by molar-refractivity contribution is 5.67. The molecule has 1 aromatic heterocycles. The maximum Gasteiger partial charge on any atom is 0.231 e. The molecule has 0 bridgehead atoms. The molecular weight excluding hydrogens is 268 g/mol. The van der Waals surface area contributed by atoms with Gasteiger partial charge in [-0.2, -0.15) is 5.10 Å². The number of anilines is 1. The summed E-state index contributed by atoms with van der Waals surface area (Å²) in [6.07, 6.45) is 2.04. The number of rotatable bonds is 2. The Morgan fingerprint density at radius 2 is 1.95 bits per heavy atom. The van der Waals surface area contributed by atoms with Crippen molar-refractivity contribution in [3.63, 3.8) is 0 Å². The summed E-state index contributed by atoms with van der Waals surface area (Å²) in [6, 6.07) is 8.32. The highest BCUT2D eigenvalue weighted by atomic mass is 16.7. The molecule has 1 aromatic carbocycles. The number of nitrogens with two attached hydrogens (primary N) is 1. The fourth-order valence-corrected chi connectivity index (χ4v) is 2.81. The fraction of sp³-hybridized carbons (Fsp3) is 0.400. The monoisotopic (exact) mass is 286 g/mol. The Bertz CT molecular complexity index is 647. The van der Waals surface area contributed by atoms with E-state index in [0.29, 0.717) is 12.8 Å². The van der Waals surface area contributed by atoms with Crippen molar-refractivity contribution in [2.24, 2.45) is 5.73 Å². The second kappa shape index (κ2) is 4.96. The van der Waals surface area contributed by atoms with Crippen molar-refractivity contribution in [1.82, 2.24) is 10.2 Å². The molecular formula is C15H18N4O2. The Morgan fingerprint density at radius 1 is 1.14 bits per heavy atom. The molecule has 0 amide bonds. The van der Waals surface area contributed by atoms with Crippen LogP contribution in [0.3, 0.4) is 0 Å². The molecule has 110 valence electrons. The molecule has 3 N–H and O–H groups in total. The van der Waals surface area contributed by atoms with Crippen LogP contribution < -0.4 is 20.1 Å². The first-order valence-corrected chi connectivity index (χ1v) is 7.25. The van der Waals surface area contributed by atoms with Gasteiger partial charge in [-0.25, -0.2) is 0 Å². The van der Waals surface area contributed by atoms with E-state index in [4.69, 9.17) is 15.2 Å². The Hall–Kier alpha value is -2.21. The van der Waals surface area contributed by atoms with E-state index in [2.05, 4.69) is 21.2 Å². The molecule has 1 saturated heterocycles. The van der Waals surface area contributed by atoms with Crippen molar-refractivity contribution >= 4 is 5.82 Å². The summed E-state index contributed by atoms with van der Waals surface area (Å²) in [5.74, 6) is 2.56. The molecule has 0 radical (unpaired) electrons. The lowest BCUT2D eigenvalue weighted by molar-refractivity contribution is 0.174. The maximum atomic E-state index is 5.94. The molecule has 0 unspecified atom stereocenters. The van der Waals surface area contributed by atoms with Crippen molar-refractivity contribution in [3.05, 3.63) is 24.3 Å². The summed E-state index contributed by atoms with van der Waals surface area (Å²) < 4.78 is 10.7. The van der Waals surface area contributed by atoms with Gasteiger partial charge in [-0.1, -0.05) is 0 Å². The van der Waals surface area contributed by atoms with Crippen molar-refractivity contribution in [3.8, 4) is 22.8 Å². The maximum absolute atomic E-state index is 5.94. The SMILES string of the molecule is NC1CCN(c2cc(-c3ccc4c(c3)OCO4)[nH]n2)CC1. The number of benzene rings is 1. The standard InChI is InChI=1S/C15H18N4O2/c16-11-3-5-19(6-4-11)15-8-12(17-18-15)10-1-2-13-14(7-10)21-9-20-13/h1-2,7-8,11H,3-6,9,16H2,(H,17,18). The number of hydrogen-bond donors (Lipinski definition) is 2. The number of piperidine rings is 1. The van der Waals surface area contributed by atoms with E-state index >= 15 is 0 Å². The van der Waals surface area contributed by atoms with Crippen molar-refractivity contribution < 1.29 is 9.47 Å². The average Bonchev–Trinajstić information content (AvgIpc) is 3.16. The lowest BCUT2D eigenvalue weighted by Crippen LogP contribution is -2.39. The summed E-state index contributed by atoms with van der Waals surface area (Å²) in [5, 5.41) is 7.53. The van der Waals surface area contributed by atoms with Gasteiger partial charge in [0.2, 0.25) is 6.79 Å². The van der Waals surface area contributed by atoms with Gasteiger partial charge >= 0.3 is 0 Å². The van der Waals surface area contributed by atoms with Gasteiger partial charge in [-0.05, 0) is 31.0 Å². The number of ether oxygens (including phenoxy) is 2. The molecule has 21 heavy (non-hydrogen) atoms. The molecule has 1 fully saturated rings. The summed E-state index contributed by atoms with van der Waals surface area (Å²) in [5.41, 5.74) is 7.98. The molecule has 6 nitrogen and oxygen atoms in total. The van der Waals surface area contributed by atoms with Crippen LogP contribution in [0.1, 0.15) is 12.8 Å². The molecule has 0 saturated carbocycles. The summed E-state index contributed by atoms with van der Waals surface area (Å²) >= 11 is 0. The number of H-pyrrole nitrogens is 1. The van der Waals surface area contributed by atoms with Crippen LogP contribution in [0.5, 0.6) is 11.5 Å². The lowest BCUT2D eigenvalue weighted by atomic mass is 10.1. The molecule has 0 spiro atoms. The molecule has 2 aliphatic rings. The van der Waals surface area contributed by atoms with Gasteiger partial charge in [0.15, 0.2) is 17.3 Å². The van der Waals surface area contributed by atoms with Crippen LogP contribution in [0.4, 0.5) is 5.82 Å². The third-order valence-electron chi connectivity index (χ3n) is 4.11. The number of fused-ring (bicyclic) bond motifs is 1. The summed E-state index contributed by atoms with van der Waals surface area (Å²) in [4.78, 5) is 2.27. The molecule has 6 heteroatoms. The number of nitrogens with zero attached hydrogens (tertiary/aromatic N) is 2. The topological polar surface area (TPSA) is 76.4 Å². The van der Waals surface area contributed by atoms with E-state index in [9.17, 15) is 0 Å². The largest absolute Gasteiger partial charge is 0.454 e. The first-order valence-electron chi connectivity index (χ1n) is 7.25. The second-order valence-corrected chi connectivity index (χ2v) is 5.53. The average molecular weight is 286 g/mol. The third kappa shape index (κ3) is 2.31. The molecule has 3 heterocycles. The molecule has 4 rings (SSSR count). The molecule has 0 aliphatic carbocycles. The van der Waals surface area contributed by atoms with Crippen LogP contribution in [-0.2, 0) is 0 Å². The van der Waals surface area contributed by atoms with Gasteiger partial charge in [0, 0.05) is 30.8 Å². The van der Waals surface area contributed by atoms with Gasteiger partial charge in [0.05, 0.1) is 5.69 Å². The minimum atomic E-state index is 0.293. The molecule has 2 aromatic rings. The smallest absolute Gasteiger partial charge is 0.231 e. The van der Waals surface area contributed by atoms with E-state index in [-0.39, 0.29) is 0 Å². The van der Waals surface area contributed by atoms with E-state index in [1.165, 1.54) is 0 Å². The number of aromatic amines is 1. The van der Waals surface area contributed by atoms with E-state index < -0.39 is 0 Å². The third-order valence-corrected chi connectivity index (χ3v) is 4.11. The highest BCUT2D eigenvalue weighted by Crippen LogP contribution is 2.36. The number of aromatic nitrogens is 2. The van der Waals surface area contributed by atoms with Crippen LogP contribution in [0.15, 0.2) is 24.3 Å². The zero-order valence-electron chi connectivity index (χ0n) is 11.7. The summed E-state index contributed by atoms with van der Waals surface area (Å²) in [6.45, 7) is 2.22. The van der Waals surface area contributed by atoms with Gasteiger partial charge in [0.25, 0.3) is 0 Å². The van der Waals surface area contributed by atoms with Gasteiger partial charge < -0.3 is 20.1 Å². The Balaban J connectivity index is 1.57. The first kappa shape index (κ1) is 12.5. The van der Waals surface area contributed by atoms with Crippen LogP contribution in [0.25, 0.3) is 11.3 Å². The quantitative estimate of drug-likeness (QED) is 0.879. The van der Waals surface area contributed by atoms with Gasteiger partial charge in [-0.3, -0.25) is 5.10 Å². The zero-order chi connectivity index (χ0) is 14.2. The lowest BCUT2D eigenvalue weighted by Gasteiger charge is -2.29. The Labute approximate surface area is 122 Å². The number of nitrogens with one attached hydrogen (secondary N) is 1. The van der Waals surface area contributed by atoms with E-state index in [0.717, 1.165) is 54.5 Å². The van der Waals surface area contributed by atoms with Gasteiger partial charge in [-0.15, -0.1) is 0 Å². The van der Waals surface area contributed by atoms with Crippen molar-refractivity contribution in [2.75, 3.05) is 24.8 Å². The van der Waals surface area contributed by atoms with Crippen LogP contribution in [0, 0.1) is 0 Å². The minimum absolute atomic E-state index is 0.293.